The van der Waals surface area contributed by atoms with Gasteiger partial charge in [-0.1, -0.05) is 42.2 Å². The first kappa shape index (κ1) is 25.5. The molecule has 3 aromatic rings. The van der Waals surface area contributed by atoms with Crippen LogP contribution in [0.4, 0.5) is 4.39 Å². The summed E-state index contributed by atoms with van der Waals surface area (Å²) in [6.07, 6.45) is 1.55. The van der Waals surface area contributed by atoms with Gasteiger partial charge in [0.2, 0.25) is 5.88 Å². The molecule has 1 aromatic carbocycles. The summed E-state index contributed by atoms with van der Waals surface area (Å²) in [4.78, 5) is 41.5. The number of pyridine rings is 1. The minimum Gasteiger partial charge on any atom is -0.494 e. The molecule has 36 heavy (non-hydrogen) atoms. The van der Waals surface area contributed by atoms with Crippen LogP contribution >= 0.6 is 35.3 Å². The number of aromatic hydroxyl groups is 1. The number of hydrogen-bond acceptors (Lipinski definition) is 8. The van der Waals surface area contributed by atoms with Gasteiger partial charge in [0.05, 0.1) is 17.0 Å². The largest absolute Gasteiger partial charge is 0.494 e. The number of carbonyl (C=O) groups is 2. The number of benzene rings is 1. The third-order valence-electron chi connectivity index (χ3n) is 5.59. The van der Waals surface area contributed by atoms with E-state index >= 15 is 0 Å². The van der Waals surface area contributed by atoms with Gasteiger partial charge in [0.25, 0.3) is 11.5 Å². The van der Waals surface area contributed by atoms with Crippen LogP contribution in [0.5, 0.6) is 5.88 Å². The highest BCUT2D eigenvalue weighted by Crippen LogP contribution is 2.34. The SMILES string of the molecule is Cc1c(C(=O)CCN2C(=O)/C(=C/c3cccs3)SC2=S)c(O)n(Cc2ccc(F)cc2)c(=O)c1C#N. The summed E-state index contributed by atoms with van der Waals surface area (Å²) in [7, 11) is 0. The van der Waals surface area contributed by atoms with Crippen molar-refractivity contribution < 1.29 is 19.1 Å². The number of thioether (sulfide) groups is 1. The van der Waals surface area contributed by atoms with Crippen LogP contribution in [0.1, 0.15) is 38.3 Å². The molecule has 0 saturated carbocycles. The number of rotatable bonds is 7. The predicted molar refractivity (Wildman–Crippen MR) is 140 cm³/mol. The number of amides is 1. The maximum absolute atomic E-state index is 13.3. The predicted octanol–water partition coefficient (Wildman–Crippen LogP) is 4.46. The van der Waals surface area contributed by atoms with Gasteiger partial charge >= 0.3 is 0 Å². The number of thiophene rings is 1. The van der Waals surface area contributed by atoms with Crippen LogP contribution in [0.2, 0.25) is 0 Å². The Morgan fingerprint density at radius 2 is 1.97 bits per heavy atom. The van der Waals surface area contributed by atoms with Crippen LogP contribution < -0.4 is 5.56 Å². The second-order valence-electron chi connectivity index (χ2n) is 7.85. The van der Waals surface area contributed by atoms with Gasteiger partial charge in [0, 0.05) is 17.8 Å². The van der Waals surface area contributed by atoms with E-state index in [2.05, 4.69) is 0 Å². The highest BCUT2D eigenvalue weighted by molar-refractivity contribution is 8.26. The molecule has 7 nitrogen and oxygen atoms in total. The number of carbonyl (C=O) groups excluding carboxylic acids is 2. The smallest absolute Gasteiger partial charge is 0.271 e. The van der Waals surface area contributed by atoms with Crippen molar-refractivity contribution in [3.63, 3.8) is 0 Å². The topological polar surface area (TPSA) is 103 Å². The minimum atomic E-state index is -0.760. The number of thiocarbonyl (C=S) groups is 1. The third-order valence-corrected chi connectivity index (χ3v) is 7.78. The number of ketones is 1. The summed E-state index contributed by atoms with van der Waals surface area (Å²) >= 11 is 7.95. The van der Waals surface area contributed by atoms with E-state index in [1.54, 1.807) is 6.08 Å². The normalized spacial score (nSPS) is 14.5. The van der Waals surface area contributed by atoms with Gasteiger partial charge in [0.15, 0.2) is 5.78 Å². The highest BCUT2D eigenvalue weighted by Gasteiger charge is 2.33. The van der Waals surface area contributed by atoms with Gasteiger partial charge in [-0.05, 0) is 47.7 Å². The molecule has 0 unspecified atom stereocenters. The molecule has 1 fully saturated rings. The maximum atomic E-state index is 13.3. The second-order valence-corrected chi connectivity index (χ2v) is 10.5. The fraction of sp³-hybridized carbons (Fsp3) is 0.160. The Bertz CT molecular complexity index is 1500. The van der Waals surface area contributed by atoms with Crippen molar-refractivity contribution >= 4 is 57.4 Å². The van der Waals surface area contributed by atoms with Gasteiger partial charge in [-0.15, -0.1) is 11.3 Å². The first-order valence-electron chi connectivity index (χ1n) is 10.6. The highest BCUT2D eigenvalue weighted by atomic mass is 32.2. The number of aromatic nitrogens is 1. The molecule has 1 saturated heterocycles. The molecule has 0 spiro atoms. The van der Waals surface area contributed by atoms with E-state index in [4.69, 9.17) is 12.2 Å². The fourth-order valence-corrected chi connectivity index (χ4v) is 5.77. The van der Waals surface area contributed by atoms with Crippen molar-refractivity contribution in [1.29, 1.82) is 5.26 Å². The van der Waals surface area contributed by atoms with E-state index in [1.165, 1.54) is 47.4 Å². The number of nitriles is 1. The van der Waals surface area contributed by atoms with E-state index in [-0.39, 0.29) is 42.1 Å². The molecule has 11 heteroatoms. The van der Waals surface area contributed by atoms with E-state index in [0.717, 1.165) is 21.2 Å². The van der Waals surface area contributed by atoms with E-state index in [9.17, 15) is 29.1 Å². The zero-order valence-electron chi connectivity index (χ0n) is 18.9. The Labute approximate surface area is 219 Å². The molecule has 182 valence electrons. The second kappa shape index (κ2) is 10.6. The van der Waals surface area contributed by atoms with Crippen molar-refractivity contribution in [2.75, 3.05) is 6.54 Å². The molecule has 1 N–H and O–H groups in total. The lowest BCUT2D eigenvalue weighted by molar-refractivity contribution is -0.122. The van der Waals surface area contributed by atoms with Crippen molar-refractivity contribution in [3.05, 3.63) is 90.0 Å². The van der Waals surface area contributed by atoms with Crippen LogP contribution in [-0.4, -0.2) is 37.1 Å². The van der Waals surface area contributed by atoms with E-state index < -0.39 is 23.0 Å². The number of Topliss-reactive ketones (excluding diaryl/α,β-unsaturated/α-hetero) is 1. The summed E-state index contributed by atoms with van der Waals surface area (Å²) in [5.74, 6) is -1.92. The molecule has 1 amide bonds. The molecule has 1 aliphatic rings. The van der Waals surface area contributed by atoms with Crippen molar-refractivity contribution in [2.45, 2.75) is 19.9 Å². The molecule has 3 heterocycles. The first-order chi connectivity index (χ1) is 17.2. The molecule has 4 rings (SSSR count). The summed E-state index contributed by atoms with van der Waals surface area (Å²) < 4.78 is 14.5. The molecule has 0 radical (unpaired) electrons. The average Bonchev–Trinajstić information content (AvgIpc) is 3.45. The first-order valence-corrected chi connectivity index (χ1v) is 12.7. The summed E-state index contributed by atoms with van der Waals surface area (Å²) in [6.45, 7) is 1.23. The standard InChI is InChI=1S/C25H18FN3O4S3/c1-14-18(12-27)22(31)29(13-15-4-6-16(26)7-5-15)24(33)21(14)19(30)8-9-28-23(32)20(36-25(28)34)11-17-3-2-10-35-17/h2-7,10-11,33H,8-9,13H2,1H3/b20-11-. The Kier molecular flexibility index (Phi) is 7.49. The molecule has 1 aliphatic heterocycles. The van der Waals surface area contributed by atoms with Gasteiger partial charge < -0.3 is 5.11 Å². The number of hydrogen-bond donors (Lipinski definition) is 1. The van der Waals surface area contributed by atoms with Gasteiger partial charge in [-0.25, -0.2) is 4.39 Å². The van der Waals surface area contributed by atoms with Crippen molar-refractivity contribution in [2.24, 2.45) is 0 Å². The van der Waals surface area contributed by atoms with Crippen LogP contribution in [-0.2, 0) is 11.3 Å². The Balaban J connectivity index is 1.59. The Morgan fingerprint density at radius 3 is 2.61 bits per heavy atom. The van der Waals surface area contributed by atoms with Gasteiger partial charge in [0.1, 0.15) is 21.8 Å². The molecule has 0 bridgehead atoms. The Morgan fingerprint density at radius 1 is 1.25 bits per heavy atom. The lowest BCUT2D eigenvalue weighted by Crippen LogP contribution is -2.31. The third kappa shape index (κ3) is 5.02. The van der Waals surface area contributed by atoms with E-state index in [1.807, 2.05) is 23.6 Å². The summed E-state index contributed by atoms with van der Waals surface area (Å²) in [5.41, 5.74) is -0.655. The maximum Gasteiger partial charge on any atom is 0.271 e. The van der Waals surface area contributed by atoms with Crippen LogP contribution in [0.3, 0.4) is 0 Å². The van der Waals surface area contributed by atoms with Crippen LogP contribution in [0.15, 0.2) is 51.5 Å². The molecule has 0 aliphatic carbocycles. The zero-order valence-corrected chi connectivity index (χ0v) is 21.3. The molecular formula is C25H18FN3O4S3. The minimum absolute atomic E-state index is 0.0247. The summed E-state index contributed by atoms with van der Waals surface area (Å²) in [5, 5.41) is 22.3. The zero-order chi connectivity index (χ0) is 26.0. The number of halogens is 1. The van der Waals surface area contributed by atoms with Crippen molar-refractivity contribution in [1.82, 2.24) is 9.47 Å². The Hall–Kier alpha value is -3.59. The number of nitrogens with zero attached hydrogens (tertiary/aromatic N) is 3. The van der Waals surface area contributed by atoms with E-state index in [0.29, 0.717) is 14.8 Å². The summed E-state index contributed by atoms with van der Waals surface area (Å²) in [6, 6.07) is 10.8. The van der Waals surface area contributed by atoms with Gasteiger partial charge in [-0.3, -0.25) is 23.9 Å². The monoisotopic (exact) mass is 539 g/mol. The molecule has 0 atom stereocenters. The lowest BCUT2D eigenvalue weighted by atomic mass is 9.99. The fourth-order valence-electron chi connectivity index (χ4n) is 3.74. The quantitative estimate of drug-likeness (QED) is 0.269. The lowest BCUT2D eigenvalue weighted by Gasteiger charge is -2.17. The van der Waals surface area contributed by atoms with Crippen LogP contribution in [0.25, 0.3) is 6.08 Å². The van der Waals surface area contributed by atoms with Crippen molar-refractivity contribution in [3.8, 4) is 11.9 Å². The van der Waals surface area contributed by atoms with Gasteiger partial charge in [-0.2, -0.15) is 5.26 Å². The molecule has 2 aromatic heterocycles. The van der Waals surface area contributed by atoms with Crippen LogP contribution in [0, 0.1) is 24.1 Å². The molecular weight excluding hydrogens is 521 g/mol. The average molecular weight is 540 g/mol.